The molecule has 0 unspecified atom stereocenters. The molecule has 2 aromatic carbocycles. The van der Waals surface area contributed by atoms with Crippen LogP contribution >= 0.6 is 23.2 Å². The third-order valence-electron chi connectivity index (χ3n) is 15.8. The second-order valence-corrected chi connectivity index (χ2v) is 22.2. The molecule has 6 aliphatic heterocycles. The average molecular weight is 1110 g/mol. The Morgan fingerprint density at radius 1 is 0.615 bits per heavy atom. The molecule has 4 N–H and O–H groups in total. The molecule has 10 rings (SSSR count). The Morgan fingerprint density at radius 2 is 1.01 bits per heavy atom. The highest BCUT2D eigenvalue weighted by atomic mass is 35.5. The highest BCUT2D eigenvalue weighted by Crippen LogP contribution is 2.34. The van der Waals surface area contributed by atoms with Gasteiger partial charge in [0.05, 0.1) is 33.8 Å². The maximum absolute atomic E-state index is 13.2. The molecule has 8 heterocycles. The summed E-state index contributed by atoms with van der Waals surface area (Å²) in [6, 6.07) is 11.5. The van der Waals surface area contributed by atoms with Gasteiger partial charge in [-0.3, -0.25) is 28.8 Å². The molecule has 4 aromatic rings. The molecule has 416 valence electrons. The number of fused-ring (bicyclic) bond motifs is 2. The third-order valence-corrected chi connectivity index (χ3v) is 16.3. The molecule has 4 fully saturated rings. The summed E-state index contributed by atoms with van der Waals surface area (Å²) in [4.78, 5) is 100. The number of aromatic nitrogens is 4. The number of hydrogen-bond donors (Lipinski definition) is 4. The number of ether oxygens (including phenoxy) is 2. The summed E-state index contributed by atoms with van der Waals surface area (Å²) in [5, 5.41) is 13.6. The number of benzene rings is 2. The summed E-state index contributed by atoms with van der Waals surface area (Å²) in [5.74, 6) is 0.712. The molecular formula is C56H70Cl2N12O8. The number of rotatable bonds is 14. The monoisotopic (exact) mass is 1110 g/mol. The van der Waals surface area contributed by atoms with Crippen LogP contribution in [-0.4, -0.2) is 165 Å². The SMILES string of the molecule is CC(=O)N1CCC[C@@H]([C@@H](C)NC(=O)CN2Cc3ccc(-c4nc(NC5CCOCC5)ncc4Cl)cc3C2=O)C1.CC(=O)N1CCC[C@H]([C@@H](C)NC(=O)CN2Cc3ccc(-c4nc(NC5CCOCC5)ncc4Cl)cc3C2=O)C1. The van der Waals surface area contributed by atoms with Crippen LogP contribution in [0.3, 0.4) is 0 Å². The minimum absolute atomic E-state index is 0.0240. The van der Waals surface area contributed by atoms with Crippen molar-refractivity contribution in [3.8, 4) is 22.5 Å². The van der Waals surface area contributed by atoms with E-state index in [0.29, 0.717) is 97.1 Å². The van der Waals surface area contributed by atoms with E-state index in [1.807, 2.05) is 47.9 Å². The normalized spacial score (nSPS) is 20.5. The fourth-order valence-corrected chi connectivity index (χ4v) is 11.6. The van der Waals surface area contributed by atoms with Gasteiger partial charge in [0.25, 0.3) is 11.8 Å². The molecule has 2 aromatic heterocycles. The number of carbonyl (C=O) groups excluding carboxylic acids is 6. The van der Waals surface area contributed by atoms with E-state index < -0.39 is 0 Å². The Kier molecular flexibility index (Phi) is 18.4. The van der Waals surface area contributed by atoms with E-state index in [9.17, 15) is 28.8 Å². The van der Waals surface area contributed by atoms with Gasteiger partial charge in [0, 0.05) is 126 Å². The van der Waals surface area contributed by atoms with Gasteiger partial charge in [-0.1, -0.05) is 47.5 Å². The lowest BCUT2D eigenvalue weighted by Gasteiger charge is -2.35. The number of anilines is 2. The smallest absolute Gasteiger partial charge is 0.254 e. The van der Waals surface area contributed by atoms with Crippen LogP contribution in [0.15, 0.2) is 48.8 Å². The lowest BCUT2D eigenvalue weighted by molar-refractivity contribution is -0.132. The maximum Gasteiger partial charge on any atom is 0.254 e. The quantitative estimate of drug-likeness (QED) is 0.110. The lowest BCUT2D eigenvalue weighted by Crippen LogP contribution is -2.49. The molecule has 0 spiro atoms. The van der Waals surface area contributed by atoms with Crippen molar-refractivity contribution in [3.63, 3.8) is 0 Å². The Balaban J connectivity index is 0.000000190. The van der Waals surface area contributed by atoms with E-state index in [-0.39, 0.29) is 84.5 Å². The van der Waals surface area contributed by atoms with Gasteiger partial charge < -0.3 is 50.3 Å². The largest absolute Gasteiger partial charge is 0.381 e. The van der Waals surface area contributed by atoms with Crippen molar-refractivity contribution in [2.45, 2.75) is 116 Å². The van der Waals surface area contributed by atoms with Gasteiger partial charge in [-0.15, -0.1) is 0 Å². The van der Waals surface area contributed by atoms with Crippen molar-refractivity contribution in [3.05, 3.63) is 81.1 Å². The number of nitrogens with one attached hydrogen (secondary N) is 4. The Morgan fingerprint density at radius 3 is 1.40 bits per heavy atom. The molecule has 0 bridgehead atoms. The highest BCUT2D eigenvalue weighted by Gasteiger charge is 2.34. The standard InChI is InChI=1S/2C28H35ClN6O4/c2*1-17(20-4-3-9-34(14-20)18(2)36)31-25(37)16-35-15-21-6-5-19(12-23(21)27(35)38)26-24(29)13-30-28(33-26)32-22-7-10-39-11-8-22/h2*5-6,12-13,17,20,22H,3-4,7-11,14-16H2,1-2H3,(H,31,37)(H,30,32,33)/t17-,20+;17-,20-/m11/s1. The van der Waals surface area contributed by atoms with Gasteiger partial charge in [0.1, 0.15) is 13.1 Å². The van der Waals surface area contributed by atoms with E-state index >= 15 is 0 Å². The summed E-state index contributed by atoms with van der Waals surface area (Å²) < 4.78 is 10.8. The molecule has 78 heavy (non-hydrogen) atoms. The first-order chi connectivity index (χ1) is 37.6. The summed E-state index contributed by atoms with van der Waals surface area (Å²) in [6.07, 6.45) is 10.4. The summed E-state index contributed by atoms with van der Waals surface area (Å²) in [7, 11) is 0. The zero-order valence-electron chi connectivity index (χ0n) is 44.8. The van der Waals surface area contributed by atoms with Crippen LogP contribution in [-0.2, 0) is 41.7 Å². The molecule has 0 saturated carbocycles. The predicted octanol–water partition coefficient (Wildman–Crippen LogP) is 6.21. The van der Waals surface area contributed by atoms with E-state index in [4.69, 9.17) is 32.7 Å². The van der Waals surface area contributed by atoms with Crippen molar-refractivity contribution in [2.75, 3.05) is 76.3 Å². The Hall–Kier alpha value is -6.48. The number of hydrogen-bond acceptors (Lipinski definition) is 14. The van der Waals surface area contributed by atoms with E-state index in [1.165, 1.54) is 0 Å². The Labute approximate surface area is 465 Å². The zero-order chi connectivity index (χ0) is 55.0. The second kappa shape index (κ2) is 25.5. The van der Waals surface area contributed by atoms with Gasteiger partial charge in [-0.25, -0.2) is 19.9 Å². The van der Waals surface area contributed by atoms with Crippen LogP contribution in [0, 0.1) is 11.8 Å². The first kappa shape index (κ1) is 56.2. The summed E-state index contributed by atoms with van der Waals surface area (Å²) >= 11 is 12.9. The number of amides is 6. The number of piperidine rings is 2. The highest BCUT2D eigenvalue weighted by molar-refractivity contribution is 6.33. The molecule has 4 saturated heterocycles. The fourth-order valence-electron chi connectivity index (χ4n) is 11.2. The minimum Gasteiger partial charge on any atom is -0.381 e. The van der Waals surface area contributed by atoms with Crippen LogP contribution in [0.1, 0.15) is 111 Å². The van der Waals surface area contributed by atoms with Gasteiger partial charge in [-0.05, 0) is 100 Å². The molecule has 20 nitrogen and oxygen atoms in total. The van der Waals surface area contributed by atoms with Crippen molar-refractivity contribution in [2.24, 2.45) is 11.8 Å². The maximum atomic E-state index is 13.2. The van der Waals surface area contributed by atoms with Crippen molar-refractivity contribution < 1.29 is 38.2 Å². The van der Waals surface area contributed by atoms with Crippen molar-refractivity contribution in [1.82, 2.24) is 50.2 Å². The van der Waals surface area contributed by atoms with Crippen molar-refractivity contribution in [1.29, 1.82) is 0 Å². The molecule has 0 radical (unpaired) electrons. The number of halogens is 2. The molecular weight excluding hydrogens is 1040 g/mol. The zero-order valence-corrected chi connectivity index (χ0v) is 46.3. The van der Waals surface area contributed by atoms with Crippen molar-refractivity contribution >= 4 is 70.5 Å². The molecule has 0 aliphatic carbocycles. The van der Waals surface area contributed by atoms with E-state index in [0.717, 1.165) is 86.7 Å². The molecule has 4 atom stereocenters. The van der Waals surface area contributed by atoms with Crippen LogP contribution in [0.25, 0.3) is 22.5 Å². The van der Waals surface area contributed by atoms with Crippen LogP contribution < -0.4 is 21.3 Å². The number of nitrogens with zero attached hydrogens (tertiary/aromatic N) is 8. The van der Waals surface area contributed by atoms with Gasteiger partial charge in [-0.2, -0.15) is 0 Å². The topological polar surface area (TPSA) is 234 Å². The third kappa shape index (κ3) is 13.8. The fraction of sp³-hybridized carbons (Fsp3) is 0.536. The first-order valence-electron chi connectivity index (χ1n) is 27.2. The lowest BCUT2D eigenvalue weighted by atomic mass is 9.91. The van der Waals surface area contributed by atoms with E-state index in [2.05, 4.69) is 41.2 Å². The van der Waals surface area contributed by atoms with E-state index in [1.54, 1.807) is 48.2 Å². The minimum atomic E-state index is -0.202. The van der Waals surface area contributed by atoms with Crippen LogP contribution in [0.2, 0.25) is 10.0 Å². The summed E-state index contributed by atoms with van der Waals surface area (Å²) in [5.41, 5.74) is 5.36. The average Bonchev–Trinajstić information content (AvgIpc) is 4.11. The molecule has 22 heteroatoms. The Bertz CT molecular complexity index is 2690. The molecule has 6 amide bonds. The number of likely N-dealkylation sites (tertiary alicyclic amines) is 2. The predicted molar refractivity (Wildman–Crippen MR) is 295 cm³/mol. The first-order valence-corrected chi connectivity index (χ1v) is 28.0. The van der Waals surface area contributed by atoms with Gasteiger partial charge in [0.15, 0.2) is 0 Å². The second-order valence-electron chi connectivity index (χ2n) is 21.4. The van der Waals surface area contributed by atoms with Gasteiger partial charge >= 0.3 is 0 Å². The van der Waals surface area contributed by atoms with Crippen LogP contribution in [0.4, 0.5) is 11.9 Å². The molecule has 6 aliphatic rings. The van der Waals surface area contributed by atoms with Crippen LogP contribution in [0.5, 0.6) is 0 Å². The van der Waals surface area contributed by atoms with Gasteiger partial charge in [0.2, 0.25) is 35.5 Å². The number of carbonyl (C=O) groups is 6. The summed E-state index contributed by atoms with van der Waals surface area (Å²) in [6.45, 7) is 13.4.